The van der Waals surface area contributed by atoms with E-state index in [0.717, 1.165) is 18.2 Å². The van der Waals surface area contributed by atoms with Crippen molar-refractivity contribution in [3.05, 3.63) is 82.4 Å². The molecule has 4 unspecified atom stereocenters. The summed E-state index contributed by atoms with van der Waals surface area (Å²) in [5.41, 5.74) is 0.701. The topological polar surface area (TPSA) is 232 Å². The van der Waals surface area contributed by atoms with Gasteiger partial charge in [-0.25, -0.2) is 0 Å². The normalized spacial score (nSPS) is 17.7. The molecule has 12 nitrogen and oxygen atoms in total. The summed E-state index contributed by atoms with van der Waals surface area (Å²) in [5, 5.41) is 114. The number of phenolic OH excluding ortho intramolecular Hbond substituents is 9. The number of aliphatic hydroxyl groups is 2. The molecule has 12 heteroatoms. The summed E-state index contributed by atoms with van der Waals surface area (Å²) >= 11 is 0. The third-order valence-corrected chi connectivity index (χ3v) is 7.41. The third-order valence-electron chi connectivity index (χ3n) is 7.41. The number of phenols is 9. The summed E-state index contributed by atoms with van der Waals surface area (Å²) in [5.74, 6) is -6.66. The first-order valence-corrected chi connectivity index (χ1v) is 12.7. The van der Waals surface area contributed by atoms with Crippen molar-refractivity contribution in [3.63, 3.8) is 0 Å². The number of hydrogen-bond donors (Lipinski definition) is 11. The van der Waals surface area contributed by atoms with Crippen LogP contribution in [0.4, 0.5) is 0 Å². The van der Waals surface area contributed by atoms with Gasteiger partial charge in [-0.3, -0.25) is 0 Å². The molecule has 1 aliphatic rings. The van der Waals surface area contributed by atoms with E-state index in [-0.39, 0.29) is 52.2 Å². The zero-order valence-electron chi connectivity index (χ0n) is 21.7. The monoisotopic (exact) mass is 580 g/mol. The Morgan fingerprint density at radius 3 is 1.98 bits per heavy atom. The smallest absolute Gasteiger partial charge is 0.201 e. The predicted octanol–water partition coefficient (Wildman–Crippen LogP) is 2.81. The number of benzene rings is 4. The lowest BCUT2D eigenvalue weighted by molar-refractivity contribution is 0.0185. The van der Waals surface area contributed by atoms with Gasteiger partial charge in [0.2, 0.25) is 11.5 Å². The van der Waals surface area contributed by atoms with Crippen LogP contribution in [0, 0.1) is 0 Å². The molecule has 42 heavy (non-hydrogen) atoms. The SMILES string of the molecule is Oc1ccc(C2Oc3c(cc(C(c4ccc(O)c(O)c4)C(O)Cc4ccc(O)c(O)c4O)c(O)c3O)CC2O)cc1O. The van der Waals surface area contributed by atoms with E-state index < -0.39 is 70.2 Å². The molecule has 4 atom stereocenters. The van der Waals surface area contributed by atoms with Gasteiger partial charge in [0.15, 0.2) is 52.1 Å². The summed E-state index contributed by atoms with van der Waals surface area (Å²) in [7, 11) is 0. The molecule has 1 heterocycles. The second-order valence-corrected chi connectivity index (χ2v) is 10.1. The van der Waals surface area contributed by atoms with E-state index in [1.165, 1.54) is 36.4 Å². The lowest BCUT2D eigenvalue weighted by atomic mass is 9.81. The number of rotatable bonds is 6. The lowest BCUT2D eigenvalue weighted by Gasteiger charge is -2.33. The minimum absolute atomic E-state index is 0.0335. The minimum Gasteiger partial charge on any atom is -0.504 e. The second kappa shape index (κ2) is 10.7. The maximum atomic E-state index is 11.4. The van der Waals surface area contributed by atoms with E-state index in [2.05, 4.69) is 0 Å². The molecule has 4 aromatic carbocycles. The van der Waals surface area contributed by atoms with Gasteiger partial charge < -0.3 is 60.9 Å². The molecular formula is C30H28O12. The molecule has 4 aromatic rings. The van der Waals surface area contributed by atoms with Crippen molar-refractivity contribution in [2.24, 2.45) is 0 Å². The van der Waals surface area contributed by atoms with Gasteiger partial charge in [0.1, 0.15) is 0 Å². The Kier molecular flexibility index (Phi) is 7.19. The highest BCUT2D eigenvalue weighted by Crippen LogP contribution is 2.51. The van der Waals surface area contributed by atoms with Crippen LogP contribution in [0.3, 0.4) is 0 Å². The van der Waals surface area contributed by atoms with Crippen LogP contribution < -0.4 is 4.74 Å². The quantitative estimate of drug-likeness (QED) is 0.148. The highest BCUT2D eigenvalue weighted by atomic mass is 16.5. The molecule has 0 fully saturated rings. The van der Waals surface area contributed by atoms with E-state index in [4.69, 9.17) is 4.74 Å². The molecule has 220 valence electrons. The average Bonchev–Trinajstić information content (AvgIpc) is 2.95. The molecule has 0 spiro atoms. The fourth-order valence-corrected chi connectivity index (χ4v) is 5.25. The van der Waals surface area contributed by atoms with E-state index in [9.17, 15) is 56.2 Å². The largest absolute Gasteiger partial charge is 0.504 e. The Morgan fingerprint density at radius 1 is 0.667 bits per heavy atom. The van der Waals surface area contributed by atoms with E-state index in [1.54, 1.807) is 0 Å². The Hall–Kier alpha value is -5.20. The molecule has 0 amide bonds. The summed E-state index contributed by atoms with van der Waals surface area (Å²) in [6, 6.07) is 11.3. The Labute approximate surface area is 238 Å². The van der Waals surface area contributed by atoms with Crippen LogP contribution in [0.5, 0.6) is 57.5 Å². The van der Waals surface area contributed by atoms with Gasteiger partial charge >= 0.3 is 0 Å². The first kappa shape index (κ1) is 28.3. The first-order valence-electron chi connectivity index (χ1n) is 12.7. The third kappa shape index (κ3) is 4.93. The van der Waals surface area contributed by atoms with Gasteiger partial charge in [0.25, 0.3) is 0 Å². The van der Waals surface area contributed by atoms with Gasteiger partial charge in [-0.05, 0) is 47.5 Å². The second-order valence-electron chi connectivity index (χ2n) is 10.1. The summed E-state index contributed by atoms with van der Waals surface area (Å²) in [6.07, 6.45) is -4.21. The minimum atomic E-state index is -1.49. The molecule has 0 saturated carbocycles. The summed E-state index contributed by atoms with van der Waals surface area (Å²) in [6.45, 7) is 0. The van der Waals surface area contributed by atoms with Crippen molar-refractivity contribution >= 4 is 0 Å². The lowest BCUT2D eigenvalue weighted by Crippen LogP contribution is -2.31. The molecular weight excluding hydrogens is 552 g/mol. The van der Waals surface area contributed by atoms with Crippen LogP contribution in [-0.4, -0.2) is 68.4 Å². The maximum Gasteiger partial charge on any atom is 0.201 e. The number of aromatic hydroxyl groups is 9. The molecule has 0 aromatic heterocycles. The zero-order valence-corrected chi connectivity index (χ0v) is 21.7. The van der Waals surface area contributed by atoms with Crippen LogP contribution in [0.25, 0.3) is 0 Å². The molecule has 0 saturated heterocycles. The van der Waals surface area contributed by atoms with Gasteiger partial charge in [0, 0.05) is 35.4 Å². The van der Waals surface area contributed by atoms with Crippen molar-refractivity contribution in [1.29, 1.82) is 0 Å². The molecule has 1 aliphatic heterocycles. The molecule has 5 rings (SSSR count). The van der Waals surface area contributed by atoms with Gasteiger partial charge in [-0.15, -0.1) is 0 Å². The Morgan fingerprint density at radius 2 is 1.31 bits per heavy atom. The van der Waals surface area contributed by atoms with Crippen LogP contribution in [0.2, 0.25) is 0 Å². The zero-order chi connectivity index (χ0) is 30.5. The van der Waals surface area contributed by atoms with Crippen LogP contribution >= 0.6 is 0 Å². The van der Waals surface area contributed by atoms with E-state index in [0.29, 0.717) is 0 Å². The molecule has 0 bridgehead atoms. The van der Waals surface area contributed by atoms with Crippen molar-refractivity contribution < 1.29 is 60.9 Å². The van der Waals surface area contributed by atoms with Crippen molar-refractivity contribution in [1.82, 2.24) is 0 Å². The Balaban J connectivity index is 1.59. The van der Waals surface area contributed by atoms with Crippen molar-refractivity contribution in [2.45, 2.75) is 37.1 Å². The maximum absolute atomic E-state index is 11.4. The standard InChI is InChI=1S/C30H28O12/c31-17-4-1-12(8-20(17)34)24(22(36)9-13-2-6-19(33)27(40)25(13)38)16-7-15-11-23(37)29(42-30(15)28(41)26(16)39)14-3-5-18(32)21(35)10-14/h1-8,10,22-24,29,31-41H,9,11H2. The van der Waals surface area contributed by atoms with Crippen molar-refractivity contribution in [3.8, 4) is 57.5 Å². The molecule has 0 radical (unpaired) electrons. The fraction of sp³-hybridized carbons (Fsp3) is 0.200. The molecule has 11 N–H and O–H groups in total. The molecule has 0 aliphatic carbocycles. The van der Waals surface area contributed by atoms with Gasteiger partial charge in [-0.2, -0.15) is 0 Å². The van der Waals surface area contributed by atoms with Crippen LogP contribution in [0.1, 0.15) is 39.8 Å². The highest BCUT2D eigenvalue weighted by molar-refractivity contribution is 5.63. The van der Waals surface area contributed by atoms with Gasteiger partial charge in [0.05, 0.1) is 12.2 Å². The van der Waals surface area contributed by atoms with Crippen molar-refractivity contribution in [2.75, 3.05) is 0 Å². The van der Waals surface area contributed by atoms with Crippen LogP contribution in [-0.2, 0) is 12.8 Å². The number of ether oxygens (including phenoxy) is 1. The predicted molar refractivity (Wildman–Crippen MR) is 145 cm³/mol. The van der Waals surface area contributed by atoms with E-state index in [1.807, 2.05) is 0 Å². The van der Waals surface area contributed by atoms with Gasteiger partial charge in [-0.1, -0.05) is 18.2 Å². The number of fused-ring (bicyclic) bond motifs is 1. The summed E-state index contributed by atoms with van der Waals surface area (Å²) in [4.78, 5) is 0. The average molecular weight is 581 g/mol. The number of aliphatic hydroxyl groups excluding tert-OH is 2. The Bertz CT molecular complexity index is 1670. The van der Waals surface area contributed by atoms with Crippen LogP contribution in [0.15, 0.2) is 54.6 Å². The van der Waals surface area contributed by atoms with E-state index >= 15 is 0 Å². The first-order chi connectivity index (χ1) is 19.9. The highest BCUT2D eigenvalue weighted by Gasteiger charge is 2.37. The summed E-state index contributed by atoms with van der Waals surface area (Å²) < 4.78 is 5.84. The fourth-order valence-electron chi connectivity index (χ4n) is 5.25. The number of hydrogen-bond acceptors (Lipinski definition) is 12.